The van der Waals surface area contributed by atoms with Crippen LogP contribution < -0.4 is 5.32 Å². The topological polar surface area (TPSA) is 12.0 Å². The van der Waals surface area contributed by atoms with Gasteiger partial charge >= 0.3 is 6.18 Å². The molecule has 0 bridgehead atoms. The maximum absolute atomic E-state index is 12.4. The number of alkyl halides is 3. The summed E-state index contributed by atoms with van der Waals surface area (Å²) in [5, 5.41) is 4.79. The highest BCUT2D eigenvalue weighted by atomic mass is 32.1. The van der Waals surface area contributed by atoms with Gasteiger partial charge in [-0.15, -0.1) is 11.3 Å². The lowest BCUT2D eigenvalue weighted by atomic mass is 10.1. The molecule has 1 aromatic heterocycles. The Hall–Kier alpha value is -0.550. The van der Waals surface area contributed by atoms with E-state index in [0.717, 1.165) is 16.9 Å². The Kier molecular flexibility index (Phi) is 4.80. The number of hydrogen-bond donors (Lipinski definition) is 1. The Morgan fingerprint density at radius 2 is 2.12 bits per heavy atom. The van der Waals surface area contributed by atoms with Gasteiger partial charge in [-0.25, -0.2) is 0 Å². The molecule has 16 heavy (non-hydrogen) atoms. The quantitative estimate of drug-likeness (QED) is 0.832. The fraction of sp³-hybridized carbons (Fsp3) is 0.636. The predicted octanol–water partition coefficient (Wildman–Crippen LogP) is 4.05. The monoisotopic (exact) mass is 251 g/mol. The fourth-order valence-corrected chi connectivity index (χ4v) is 2.55. The van der Waals surface area contributed by atoms with E-state index >= 15 is 0 Å². The van der Waals surface area contributed by atoms with Gasteiger partial charge in [-0.2, -0.15) is 13.2 Å². The molecule has 0 amide bonds. The average molecular weight is 251 g/mol. The standard InChI is InChI=1S/C11H16F3NS/c1-3-5-15-9(7-11(12,13)14)10-8(2)4-6-16-10/h4,6,9,15H,3,5,7H2,1-2H3. The molecule has 1 aromatic rings. The molecule has 0 aliphatic rings. The van der Waals surface area contributed by atoms with Crippen molar-refractivity contribution in [3.63, 3.8) is 0 Å². The minimum absolute atomic E-state index is 0.597. The van der Waals surface area contributed by atoms with Crippen molar-refractivity contribution in [3.05, 3.63) is 21.9 Å². The molecule has 0 aromatic carbocycles. The molecule has 1 N–H and O–H groups in total. The van der Waals surface area contributed by atoms with Crippen LogP contribution in [0.1, 0.15) is 36.2 Å². The van der Waals surface area contributed by atoms with Crippen LogP contribution in [-0.2, 0) is 0 Å². The average Bonchev–Trinajstić information content (AvgIpc) is 2.57. The van der Waals surface area contributed by atoms with E-state index in [1.807, 2.05) is 25.3 Å². The van der Waals surface area contributed by atoms with Gasteiger partial charge in [0.25, 0.3) is 0 Å². The maximum atomic E-state index is 12.4. The predicted molar refractivity (Wildman–Crippen MR) is 60.8 cm³/mol. The molecule has 0 saturated heterocycles. The summed E-state index contributed by atoms with van der Waals surface area (Å²) in [5.41, 5.74) is 0.933. The highest BCUT2D eigenvalue weighted by molar-refractivity contribution is 7.10. The lowest BCUT2D eigenvalue weighted by Crippen LogP contribution is -2.27. The van der Waals surface area contributed by atoms with Crippen LogP contribution in [0.2, 0.25) is 0 Å². The normalized spacial score (nSPS) is 14.1. The Bertz CT molecular complexity index is 319. The second-order valence-corrected chi connectivity index (χ2v) is 4.74. The second-order valence-electron chi connectivity index (χ2n) is 3.79. The molecule has 1 unspecified atom stereocenters. The van der Waals surface area contributed by atoms with E-state index in [1.54, 1.807) is 0 Å². The third-order valence-electron chi connectivity index (χ3n) is 2.29. The largest absolute Gasteiger partial charge is 0.390 e. The lowest BCUT2D eigenvalue weighted by Gasteiger charge is -2.19. The molecule has 5 heteroatoms. The molecule has 1 heterocycles. The van der Waals surface area contributed by atoms with E-state index in [0.29, 0.717) is 6.54 Å². The van der Waals surface area contributed by atoms with Gasteiger partial charge in [0, 0.05) is 4.88 Å². The van der Waals surface area contributed by atoms with Crippen LogP contribution in [0.15, 0.2) is 11.4 Å². The van der Waals surface area contributed by atoms with Gasteiger partial charge in [-0.3, -0.25) is 0 Å². The zero-order chi connectivity index (χ0) is 12.2. The Labute approximate surface area is 97.7 Å². The minimum Gasteiger partial charge on any atom is -0.309 e. The van der Waals surface area contributed by atoms with Crippen LogP contribution in [0.25, 0.3) is 0 Å². The summed E-state index contributed by atoms with van der Waals surface area (Å²) in [6.07, 6.45) is -4.09. The fourth-order valence-electron chi connectivity index (χ4n) is 1.55. The Balaban J connectivity index is 2.75. The molecule has 0 aliphatic heterocycles. The van der Waals surface area contributed by atoms with Crippen molar-refractivity contribution in [3.8, 4) is 0 Å². The second kappa shape index (κ2) is 5.68. The molecule has 0 saturated carbocycles. The summed E-state index contributed by atoms with van der Waals surface area (Å²) in [6.45, 7) is 4.40. The third-order valence-corrected chi connectivity index (χ3v) is 3.43. The van der Waals surface area contributed by atoms with Gasteiger partial charge in [0.2, 0.25) is 0 Å². The summed E-state index contributed by atoms with van der Waals surface area (Å²) in [7, 11) is 0. The number of halogens is 3. The highest BCUT2D eigenvalue weighted by Gasteiger charge is 2.33. The number of thiophene rings is 1. The highest BCUT2D eigenvalue weighted by Crippen LogP contribution is 2.33. The van der Waals surface area contributed by atoms with Gasteiger partial charge in [0.05, 0.1) is 12.5 Å². The van der Waals surface area contributed by atoms with Gasteiger partial charge in [0.1, 0.15) is 0 Å². The number of nitrogens with one attached hydrogen (secondary N) is 1. The lowest BCUT2D eigenvalue weighted by molar-refractivity contribution is -0.140. The maximum Gasteiger partial charge on any atom is 0.390 e. The molecule has 1 nitrogen and oxygen atoms in total. The van der Waals surface area contributed by atoms with Crippen LogP contribution >= 0.6 is 11.3 Å². The first-order valence-corrected chi connectivity index (χ1v) is 6.16. The van der Waals surface area contributed by atoms with Gasteiger partial charge in [-0.1, -0.05) is 6.92 Å². The first kappa shape index (κ1) is 13.5. The van der Waals surface area contributed by atoms with Crippen molar-refractivity contribution in [1.29, 1.82) is 0 Å². The van der Waals surface area contributed by atoms with E-state index in [-0.39, 0.29) is 0 Å². The Morgan fingerprint density at radius 3 is 2.56 bits per heavy atom. The molecule has 0 fully saturated rings. The molecule has 92 valence electrons. The van der Waals surface area contributed by atoms with E-state index in [1.165, 1.54) is 11.3 Å². The van der Waals surface area contributed by atoms with E-state index in [4.69, 9.17) is 0 Å². The zero-order valence-electron chi connectivity index (χ0n) is 9.40. The molecule has 0 spiro atoms. The van der Waals surface area contributed by atoms with Crippen molar-refractivity contribution >= 4 is 11.3 Å². The molecular formula is C11H16F3NS. The summed E-state index contributed by atoms with van der Waals surface area (Å²) in [5.74, 6) is 0. The molecule has 0 radical (unpaired) electrons. The van der Waals surface area contributed by atoms with Crippen molar-refractivity contribution in [2.45, 2.75) is 38.9 Å². The number of aryl methyl sites for hydroxylation is 1. The van der Waals surface area contributed by atoms with Gasteiger partial charge in [0.15, 0.2) is 0 Å². The summed E-state index contributed by atoms with van der Waals surface area (Å²) in [4.78, 5) is 0.797. The molecule has 1 rings (SSSR count). The zero-order valence-corrected chi connectivity index (χ0v) is 10.2. The third kappa shape index (κ3) is 4.14. The first-order chi connectivity index (χ1) is 7.44. The summed E-state index contributed by atoms with van der Waals surface area (Å²) in [6, 6.07) is 1.26. The van der Waals surface area contributed by atoms with E-state index in [9.17, 15) is 13.2 Å². The molecular weight excluding hydrogens is 235 g/mol. The number of rotatable bonds is 5. The SMILES string of the molecule is CCCNC(CC(F)(F)F)c1sccc1C. The Morgan fingerprint density at radius 1 is 1.44 bits per heavy atom. The van der Waals surface area contributed by atoms with Gasteiger partial charge in [-0.05, 0) is 36.9 Å². The van der Waals surface area contributed by atoms with Crippen molar-refractivity contribution in [1.82, 2.24) is 5.32 Å². The number of hydrogen-bond acceptors (Lipinski definition) is 2. The van der Waals surface area contributed by atoms with Crippen LogP contribution in [0.3, 0.4) is 0 Å². The minimum atomic E-state index is -4.12. The van der Waals surface area contributed by atoms with Crippen molar-refractivity contribution < 1.29 is 13.2 Å². The van der Waals surface area contributed by atoms with Crippen molar-refractivity contribution in [2.75, 3.05) is 6.54 Å². The van der Waals surface area contributed by atoms with Crippen LogP contribution in [0.5, 0.6) is 0 Å². The van der Waals surface area contributed by atoms with Crippen molar-refractivity contribution in [2.24, 2.45) is 0 Å². The molecule has 1 atom stereocenters. The van der Waals surface area contributed by atoms with E-state index in [2.05, 4.69) is 5.32 Å². The van der Waals surface area contributed by atoms with Crippen LogP contribution in [0, 0.1) is 6.92 Å². The van der Waals surface area contributed by atoms with E-state index < -0.39 is 18.6 Å². The van der Waals surface area contributed by atoms with Gasteiger partial charge < -0.3 is 5.32 Å². The summed E-state index contributed by atoms with van der Waals surface area (Å²) < 4.78 is 37.3. The molecule has 0 aliphatic carbocycles. The summed E-state index contributed by atoms with van der Waals surface area (Å²) >= 11 is 1.39. The smallest absolute Gasteiger partial charge is 0.309 e. The van der Waals surface area contributed by atoms with Crippen LogP contribution in [-0.4, -0.2) is 12.7 Å². The van der Waals surface area contributed by atoms with Crippen LogP contribution in [0.4, 0.5) is 13.2 Å². The first-order valence-electron chi connectivity index (χ1n) is 5.28.